The summed E-state index contributed by atoms with van der Waals surface area (Å²) < 4.78 is 19.1. The van der Waals surface area contributed by atoms with Gasteiger partial charge < -0.3 is 14.7 Å². The van der Waals surface area contributed by atoms with Crippen molar-refractivity contribution in [1.29, 1.82) is 0 Å². The monoisotopic (exact) mass is 285 g/mol. The lowest BCUT2D eigenvalue weighted by atomic mass is 10.1. The van der Waals surface area contributed by atoms with Gasteiger partial charge in [-0.1, -0.05) is 30.3 Å². The van der Waals surface area contributed by atoms with Crippen molar-refractivity contribution in [1.82, 2.24) is 4.90 Å². The van der Waals surface area contributed by atoms with Crippen LogP contribution in [0.5, 0.6) is 0 Å². The number of aliphatic hydroxyl groups is 1. The van der Waals surface area contributed by atoms with Gasteiger partial charge in [-0.2, -0.15) is 0 Å². The highest BCUT2D eigenvalue weighted by molar-refractivity contribution is 7.80. The standard InChI is InChI=1S/C13H16FNO3S/c14-13(11(16)19)6-7-15(9-13)12(17)18-8-10-4-2-1-3-5-10/h1-5,11,16,19H,6-9H2. The number of hydrogen-bond acceptors (Lipinski definition) is 4. The molecule has 0 spiro atoms. The predicted octanol–water partition coefficient (Wildman–Crippen LogP) is 1.99. The summed E-state index contributed by atoms with van der Waals surface area (Å²) in [7, 11) is 0. The fraction of sp³-hybridized carbons (Fsp3) is 0.462. The third kappa shape index (κ3) is 3.39. The Bertz CT molecular complexity index is 443. The molecule has 0 aliphatic carbocycles. The van der Waals surface area contributed by atoms with Crippen molar-refractivity contribution in [2.45, 2.75) is 24.1 Å². The lowest BCUT2D eigenvalue weighted by Crippen LogP contribution is -2.39. The molecule has 2 rings (SSSR count). The first-order chi connectivity index (χ1) is 9.01. The Balaban J connectivity index is 1.85. The molecule has 1 amide bonds. The number of likely N-dealkylation sites (tertiary alicyclic amines) is 1. The van der Waals surface area contributed by atoms with Crippen LogP contribution in [0.1, 0.15) is 12.0 Å². The second-order valence-corrected chi connectivity index (χ2v) is 5.11. The number of carbonyl (C=O) groups is 1. The van der Waals surface area contributed by atoms with Gasteiger partial charge in [0.1, 0.15) is 12.0 Å². The molecule has 6 heteroatoms. The van der Waals surface area contributed by atoms with E-state index in [1.54, 1.807) is 0 Å². The average Bonchev–Trinajstić information content (AvgIpc) is 2.81. The lowest BCUT2D eigenvalue weighted by molar-refractivity contribution is 0.0500. The number of thiol groups is 1. The highest BCUT2D eigenvalue weighted by Crippen LogP contribution is 2.31. The van der Waals surface area contributed by atoms with Crippen LogP contribution < -0.4 is 0 Å². The molecule has 1 aromatic carbocycles. The molecular formula is C13H16FNO3S. The molecule has 1 aliphatic heterocycles. The topological polar surface area (TPSA) is 49.8 Å². The molecule has 4 nitrogen and oxygen atoms in total. The minimum absolute atomic E-state index is 0.0676. The van der Waals surface area contributed by atoms with Crippen LogP contribution in [0.15, 0.2) is 30.3 Å². The number of alkyl halides is 1. The van der Waals surface area contributed by atoms with Gasteiger partial charge in [-0.15, -0.1) is 12.6 Å². The zero-order chi connectivity index (χ0) is 13.9. The van der Waals surface area contributed by atoms with E-state index in [2.05, 4.69) is 12.6 Å². The first kappa shape index (κ1) is 14.1. The minimum Gasteiger partial charge on any atom is -0.445 e. The summed E-state index contributed by atoms with van der Waals surface area (Å²) in [5.41, 5.74) is -2.37. The zero-order valence-corrected chi connectivity index (χ0v) is 11.2. The number of hydrogen-bond donors (Lipinski definition) is 2. The largest absolute Gasteiger partial charge is 0.445 e. The van der Waals surface area contributed by atoms with Crippen LogP contribution in [-0.4, -0.2) is 40.3 Å². The van der Waals surface area contributed by atoms with Gasteiger partial charge in [0.05, 0.1) is 6.54 Å². The summed E-state index contributed by atoms with van der Waals surface area (Å²) in [6, 6.07) is 9.26. The van der Waals surface area contributed by atoms with Crippen molar-refractivity contribution in [3.05, 3.63) is 35.9 Å². The SMILES string of the molecule is O=C(OCc1ccccc1)N1CCC(F)(C(O)S)C1. The van der Waals surface area contributed by atoms with Gasteiger partial charge in [-0.3, -0.25) is 0 Å². The summed E-state index contributed by atoms with van der Waals surface area (Å²) in [6.07, 6.45) is -0.504. The number of amides is 1. The van der Waals surface area contributed by atoms with E-state index in [0.29, 0.717) is 0 Å². The second-order valence-electron chi connectivity index (χ2n) is 4.62. The van der Waals surface area contributed by atoms with E-state index in [4.69, 9.17) is 4.74 Å². The number of halogens is 1. The van der Waals surface area contributed by atoms with E-state index >= 15 is 0 Å². The molecule has 1 aromatic rings. The number of ether oxygens (including phenoxy) is 1. The van der Waals surface area contributed by atoms with Crippen LogP contribution in [0.2, 0.25) is 0 Å². The maximum Gasteiger partial charge on any atom is 0.410 e. The molecule has 0 saturated carbocycles. The molecule has 19 heavy (non-hydrogen) atoms. The molecule has 1 aliphatic rings. The van der Waals surface area contributed by atoms with Crippen LogP contribution in [0.3, 0.4) is 0 Å². The van der Waals surface area contributed by atoms with E-state index < -0.39 is 17.2 Å². The van der Waals surface area contributed by atoms with Gasteiger partial charge in [-0.05, 0) is 5.56 Å². The number of nitrogens with zero attached hydrogens (tertiary/aromatic N) is 1. The van der Waals surface area contributed by atoms with E-state index in [1.165, 1.54) is 4.90 Å². The van der Waals surface area contributed by atoms with E-state index in [-0.39, 0.29) is 26.1 Å². The van der Waals surface area contributed by atoms with Gasteiger partial charge in [0, 0.05) is 13.0 Å². The molecule has 2 atom stereocenters. The number of aliphatic hydroxyl groups excluding tert-OH is 1. The summed E-state index contributed by atoms with van der Waals surface area (Å²) in [6.45, 7) is 0.186. The first-order valence-corrected chi connectivity index (χ1v) is 6.53. The molecule has 0 aromatic heterocycles. The van der Waals surface area contributed by atoms with E-state index in [0.717, 1.165) is 5.56 Å². The Morgan fingerprint density at radius 1 is 1.53 bits per heavy atom. The van der Waals surface area contributed by atoms with E-state index in [9.17, 15) is 14.3 Å². The Labute approximate surface area is 116 Å². The first-order valence-electron chi connectivity index (χ1n) is 6.02. The molecule has 1 saturated heterocycles. The highest BCUT2D eigenvalue weighted by Gasteiger charge is 2.45. The maximum atomic E-state index is 14.0. The zero-order valence-electron chi connectivity index (χ0n) is 10.3. The minimum atomic E-state index is -1.85. The summed E-state index contributed by atoms with van der Waals surface area (Å²) in [5.74, 6) is 0. The Hall–Kier alpha value is -1.27. The van der Waals surface area contributed by atoms with Crippen molar-refractivity contribution >= 4 is 18.7 Å². The molecule has 2 unspecified atom stereocenters. The molecular weight excluding hydrogens is 269 g/mol. The van der Waals surface area contributed by atoms with Crippen molar-refractivity contribution in [2.24, 2.45) is 0 Å². The van der Waals surface area contributed by atoms with Gasteiger partial charge in [-0.25, -0.2) is 9.18 Å². The normalized spacial score (nSPS) is 24.3. The highest BCUT2D eigenvalue weighted by atomic mass is 32.1. The van der Waals surface area contributed by atoms with E-state index in [1.807, 2.05) is 30.3 Å². The van der Waals surface area contributed by atoms with Gasteiger partial charge in [0.15, 0.2) is 5.67 Å². The molecule has 1 heterocycles. The Morgan fingerprint density at radius 2 is 2.21 bits per heavy atom. The number of benzene rings is 1. The van der Waals surface area contributed by atoms with Crippen molar-refractivity contribution in [3.8, 4) is 0 Å². The summed E-state index contributed by atoms with van der Waals surface area (Å²) in [4.78, 5) is 13.0. The summed E-state index contributed by atoms with van der Waals surface area (Å²) in [5, 5.41) is 9.23. The average molecular weight is 285 g/mol. The van der Waals surface area contributed by atoms with Crippen LogP contribution in [0.25, 0.3) is 0 Å². The maximum absolute atomic E-state index is 14.0. The van der Waals surface area contributed by atoms with Gasteiger partial charge in [0.25, 0.3) is 0 Å². The lowest BCUT2D eigenvalue weighted by Gasteiger charge is -2.22. The molecule has 1 N–H and O–H groups in total. The van der Waals surface area contributed by atoms with Crippen molar-refractivity contribution < 1.29 is 19.0 Å². The third-order valence-corrected chi connectivity index (χ3v) is 3.64. The molecule has 104 valence electrons. The van der Waals surface area contributed by atoms with Crippen LogP contribution in [0, 0.1) is 0 Å². The number of carbonyl (C=O) groups excluding carboxylic acids is 1. The predicted molar refractivity (Wildman–Crippen MR) is 71.6 cm³/mol. The van der Waals surface area contributed by atoms with Gasteiger partial charge >= 0.3 is 6.09 Å². The quantitative estimate of drug-likeness (QED) is 0.659. The fourth-order valence-corrected chi connectivity index (χ4v) is 2.18. The molecule has 0 bridgehead atoms. The third-order valence-electron chi connectivity index (χ3n) is 3.18. The second kappa shape index (κ2) is 5.79. The van der Waals surface area contributed by atoms with Crippen LogP contribution in [0.4, 0.5) is 9.18 Å². The fourth-order valence-electron chi connectivity index (χ4n) is 1.97. The Kier molecular flexibility index (Phi) is 4.31. The van der Waals surface area contributed by atoms with Crippen LogP contribution in [-0.2, 0) is 11.3 Å². The van der Waals surface area contributed by atoms with Crippen LogP contribution >= 0.6 is 12.6 Å². The van der Waals surface area contributed by atoms with Gasteiger partial charge in [0.2, 0.25) is 0 Å². The summed E-state index contributed by atoms with van der Waals surface area (Å²) >= 11 is 3.70. The molecule has 0 radical (unpaired) electrons. The smallest absolute Gasteiger partial charge is 0.410 e. The Morgan fingerprint density at radius 3 is 2.79 bits per heavy atom. The number of rotatable bonds is 3. The molecule has 1 fully saturated rings. The van der Waals surface area contributed by atoms with Crippen molar-refractivity contribution in [3.63, 3.8) is 0 Å². The van der Waals surface area contributed by atoms with Crippen molar-refractivity contribution in [2.75, 3.05) is 13.1 Å².